The summed E-state index contributed by atoms with van der Waals surface area (Å²) in [7, 11) is 0. The van der Waals surface area contributed by atoms with Crippen LogP contribution in [-0.4, -0.2) is 29.1 Å². The summed E-state index contributed by atoms with van der Waals surface area (Å²) in [6.45, 7) is 4.78. The number of ether oxygens (including phenoxy) is 1. The minimum Gasteiger partial charge on any atom is -0.458 e. The van der Waals surface area contributed by atoms with E-state index in [9.17, 15) is 14.7 Å². The van der Waals surface area contributed by atoms with Crippen molar-refractivity contribution in [3.8, 4) is 0 Å². The maximum absolute atomic E-state index is 12.0. The Hall–Kier alpha value is -1.42. The van der Waals surface area contributed by atoms with Gasteiger partial charge >= 0.3 is 5.97 Å². The third-order valence-corrected chi connectivity index (χ3v) is 9.08. The van der Waals surface area contributed by atoms with E-state index in [0.29, 0.717) is 24.7 Å². The van der Waals surface area contributed by atoms with E-state index >= 15 is 0 Å². The molecule has 1 N–H and O–H groups in total. The fourth-order valence-electron chi connectivity index (χ4n) is 7.46. The van der Waals surface area contributed by atoms with E-state index < -0.39 is 0 Å². The lowest BCUT2D eigenvalue weighted by Gasteiger charge is -2.57. The summed E-state index contributed by atoms with van der Waals surface area (Å²) in [5.41, 5.74) is 2.30. The molecule has 0 amide bonds. The lowest BCUT2D eigenvalue weighted by atomic mass is 9.48. The number of hydrogen-bond donors (Lipinski definition) is 1. The summed E-state index contributed by atoms with van der Waals surface area (Å²) in [6.07, 6.45) is 10.9. The molecule has 5 aliphatic rings. The molecule has 1 aliphatic heterocycles. The smallest absolute Gasteiger partial charge is 0.306 e. The van der Waals surface area contributed by atoms with Gasteiger partial charge < -0.3 is 9.84 Å². The molecule has 4 nitrogen and oxygen atoms in total. The van der Waals surface area contributed by atoms with E-state index in [2.05, 4.69) is 19.9 Å². The van der Waals surface area contributed by atoms with E-state index in [4.69, 9.17) is 4.74 Å². The van der Waals surface area contributed by atoms with Gasteiger partial charge in [-0.2, -0.15) is 0 Å². The summed E-state index contributed by atoms with van der Waals surface area (Å²) in [6, 6.07) is 0. The number of aliphatic hydroxyl groups is 1. The van der Waals surface area contributed by atoms with Gasteiger partial charge in [-0.05, 0) is 62.4 Å². The number of ketones is 1. The third-order valence-electron chi connectivity index (χ3n) is 9.08. The minimum atomic E-state index is -0.309. The van der Waals surface area contributed by atoms with Crippen molar-refractivity contribution in [2.45, 2.75) is 70.8 Å². The van der Waals surface area contributed by atoms with Gasteiger partial charge in [-0.1, -0.05) is 31.1 Å². The quantitative estimate of drug-likeness (QED) is 0.564. The minimum absolute atomic E-state index is 0.0340. The largest absolute Gasteiger partial charge is 0.458 e. The van der Waals surface area contributed by atoms with Crippen LogP contribution in [0.5, 0.6) is 0 Å². The Morgan fingerprint density at radius 3 is 2.70 bits per heavy atom. The predicted octanol–water partition coefficient (Wildman–Crippen LogP) is 3.73. The van der Waals surface area contributed by atoms with E-state index in [1.807, 2.05) is 6.08 Å². The van der Waals surface area contributed by atoms with E-state index in [0.717, 1.165) is 38.5 Å². The molecule has 27 heavy (non-hydrogen) atoms. The number of rotatable bonds is 1. The highest BCUT2D eigenvalue weighted by Crippen LogP contribution is 2.68. The molecule has 0 aromatic rings. The van der Waals surface area contributed by atoms with Crippen molar-refractivity contribution >= 4 is 11.8 Å². The van der Waals surface area contributed by atoms with Gasteiger partial charge in [0.05, 0.1) is 0 Å². The van der Waals surface area contributed by atoms with Crippen LogP contribution in [0, 0.1) is 28.6 Å². The first-order valence-electron chi connectivity index (χ1n) is 10.6. The van der Waals surface area contributed by atoms with Crippen LogP contribution in [0.25, 0.3) is 0 Å². The van der Waals surface area contributed by atoms with Crippen LogP contribution in [0.1, 0.15) is 65.2 Å². The van der Waals surface area contributed by atoms with Gasteiger partial charge in [0, 0.05) is 30.3 Å². The molecule has 3 fully saturated rings. The number of fused-ring (bicyclic) bond motifs is 6. The molecule has 0 bridgehead atoms. The summed E-state index contributed by atoms with van der Waals surface area (Å²) in [5, 5.41) is 10.2. The lowest BCUT2D eigenvalue weighted by Crippen LogP contribution is -2.53. The third kappa shape index (κ3) is 2.14. The van der Waals surface area contributed by atoms with Crippen molar-refractivity contribution in [3.63, 3.8) is 0 Å². The Morgan fingerprint density at radius 1 is 1.19 bits per heavy atom. The average Bonchev–Trinajstić information content (AvgIpc) is 3.16. The van der Waals surface area contributed by atoms with Crippen LogP contribution in [-0.2, 0) is 14.3 Å². The monoisotopic (exact) mass is 370 g/mol. The van der Waals surface area contributed by atoms with E-state index in [1.54, 1.807) is 0 Å². The molecule has 1 saturated heterocycles. The van der Waals surface area contributed by atoms with Crippen LogP contribution < -0.4 is 0 Å². The van der Waals surface area contributed by atoms with Gasteiger partial charge in [0.15, 0.2) is 5.78 Å². The Kier molecular flexibility index (Phi) is 3.64. The molecular formula is C23H30O4. The lowest BCUT2D eigenvalue weighted by molar-refractivity contribution is -0.161. The Labute approximate surface area is 161 Å². The van der Waals surface area contributed by atoms with Crippen LogP contribution in [0.2, 0.25) is 0 Å². The van der Waals surface area contributed by atoms with Gasteiger partial charge in [-0.15, -0.1) is 0 Å². The molecule has 1 spiro atoms. The highest BCUT2D eigenvalue weighted by molar-refractivity contribution is 5.92. The summed E-state index contributed by atoms with van der Waals surface area (Å²) in [5.74, 6) is 1.13. The van der Waals surface area contributed by atoms with Crippen LogP contribution in [0.4, 0.5) is 0 Å². The van der Waals surface area contributed by atoms with Crippen molar-refractivity contribution < 1.29 is 19.4 Å². The zero-order chi connectivity index (χ0) is 19.0. The topological polar surface area (TPSA) is 63.6 Å². The van der Waals surface area contributed by atoms with Gasteiger partial charge in [-0.25, -0.2) is 0 Å². The van der Waals surface area contributed by atoms with Crippen LogP contribution >= 0.6 is 0 Å². The average molecular weight is 370 g/mol. The first kappa shape index (κ1) is 17.7. The zero-order valence-electron chi connectivity index (χ0n) is 16.4. The predicted molar refractivity (Wildman–Crippen MR) is 101 cm³/mol. The first-order chi connectivity index (χ1) is 12.8. The molecular weight excluding hydrogens is 340 g/mol. The highest BCUT2D eigenvalue weighted by Gasteiger charge is 2.66. The normalized spacial score (nSPS) is 48.5. The Morgan fingerprint density at radius 2 is 2.00 bits per heavy atom. The molecule has 4 aliphatic carbocycles. The number of allylic oxidation sites excluding steroid dienone is 4. The van der Waals surface area contributed by atoms with Crippen molar-refractivity contribution in [2.24, 2.45) is 28.6 Å². The van der Waals surface area contributed by atoms with Crippen molar-refractivity contribution in [1.82, 2.24) is 0 Å². The number of hydrogen-bond acceptors (Lipinski definition) is 4. The molecule has 0 radical (unpaired) electrons. The van der Waals surface area contributed by atoms with Gasteiger partial charge in [0.25, 0.3) is 0 Å². The number of carbonyl (C=O) groups excluding carboxylic acids is 2. The molecule has 1 heterocycles. The molecule has 2 saturated carbocycles. The first-order valence-corrected chi connectivity index (χ1v) is 10.6. The molecule has 146 valence electrons. The zero-order valence-corrected chi connectivity index (χ0v) is 16.4. The summed E-state index contributed by atoms with van der Waals surface area (Å²) >= 11 is 0. The Bertz CT molecular complexity index is 779. The highest BCUT2D eigenvalue weighted by atomic mass is 16.6. The molecule has 6 atom stereocenters. The fraction of sp³-hybridized carbons (Fsp3) is 0.739. The van der Waals surface area contributed by atoms with Gasteiger partial charge in [-0.3, -0.25) is 9.59 Å². The molecule has 0 aromatic carbocycles. The number of esters is 1. The number of carbonyl (C=O) groups is 2. The maximum atomic E-state index is 12.0. The van der Waals surface area contributed by atoms with Crippen LogP contribution in [0.15, 0.2) is 23.3 Å². The summed E-state index contributed by atoms with van der Waals surface area (Å²) < 4.78 is 5.99. The van der Waals surface area contributed by atoms with E-state index in [-0.39, 0.29) is 40.7 Å². The Balaban J connectivity index is 1.60. The molecule has 4 heteroatoms. The summed E-state index contributed by atoms with van der Waals surface area (Å²) in [4.78, 5) is 24.0. The van der Waals surface area contributed by atoms with Crippen molar-refractivity contribution in [2.75, 3.05) is 6.61 Å². The van der Waals surface area contributed by atoms with E-state index in [1.165, 1.54) is 11.1 Å². The van der Waals surface area contributed by atoms with Gasteiger partial charge in [0.1, 0.15) is 5.60 Å². The second-order valence-corrected chi connectivity index (χ2v) is 10.0. The number of aliphatic hydroxyl groups excluding tert-OH is 1. The second kappa shape index (κ2) is 5.56. The standard InChI is InChI=1S/C23H30O4/c1-21-7-3-16(25)12-15(21)11-14(13-24)20-17(21)4-8-22(2)18(20)5-9-23(22)10-6-19(26)27-23/h4,12,14,18,20,24H,3,5-11,13H2,1-2H3/t14-,18?,20?,21-,22-,23+/m0/s1. The fourth-order valence-corrected chi connectivity index (χ4v) is 7.46. The van der Waals surface area contributed by atoms with Crippen molar-refractivity contribution in [3.05, 3.63) is 23.3 Å². The van der Waals surface area contributed by atoms with Crippen LogP contribution in [0.3, 0.4) is 0 Å². The van der Waals surface area contributed by atoms with Crippen molar-refractivity contribution in [1.29, 1.82) is 0 Å². The molecule has 2 unspecified atom stereocenters. The molecule has 0 aromatic heterocycles. The second-order valence-electron chi connectivity index (χ2n) is 10.0. The maximum Gasteiger partial charge on any atom is 0.306 e. The SMILES string of the molecule is C[C@]12CCC(=O)C=C1C[C@@H](CO)C1C2=CC[C@@]2(C)C1CC[C@@]21CCC(=O)O1. The molecule has 5 rings (SSSR count). The van der Waals surface area contributed by atoms with Gasteiger partial charge in [0.2, 0.25) is 0 Å².